The molecule has 0 fully saturated rings. The van der Waals surface area contributed by atoms with Crippen LogP contribution in [0, 0.1) is 13.8 Å². The molecule has 0 saturated carbocycles. The molecule has 0 aliphatic heterocycles. The summed E-state index contributed by atoms with van der Waals surface area (Å²) in [7, 11) is -3.92. The summed E-state index contributed by atoms with van der Waals surface area (Å²) >= 11 is 0. The van der Waals surface area contributed by atoms with Gasteiger partial charge in [-0.2, -0.15) is 0 Å². The third-order valence-corrected chi connectivity index (χ3v) is 7.20. The summed E-state index contributed by atoms with van der Waals surface area (Å²) in [5.41, 5.74) is 3.27. The molecule has 1 amide bonds. The first-order valence-corrected chi connectivity index (χ1v) is 12.2. The molecule has 0 aliphatic rings. The van der Waals surface area contributed by atoms with E-state index >= 15 is 0 Å². The van der Waals surface area contributed by atoms with Gasteiger partial charge in [0.15, 0.2) is 0 Å². The standard InChI is InChI=1S/C27H26N2O3S/c1-20-14-21(2)16-25(15-20)29(33(31,32)26-10-4-3-5-11-26)19-27(30)28-18-22-12-13-23-8-6-7-9-24(23)17-22/h3-17H,18-19H2,1-2H3,(H,28,30). The van der Waals surface area contributed by atoms with E-state index in [1.54, 1.807) is 30.3 Å². The highest BCUT2D eigenvalue weighted by molar-refractivity contribution is 7.92. The van der Waals surface area contributed by atoms with Gasteiger partial charge in [-0.15, -0.1) is 0 Å². The summed E-state index contributed by atoms with van der Waals surface area (Å²) in [5, 5.41) is 5.09. The van der Waals surface area contributed by atoms with E-state index in [1.807, 2.05) is 62.4 Å². The summed E-state index contributed by atoms with van der Waals surface area (Å²) < 4.78 is 28.1. The maximum atomic E-state index is 13.5. The minimum atomic E-state index is -3.92. The van der Waals surface area contributed by atoms with Crippen LogP contribution in [-0.2, 0) is 21.4 Å². The van der Waals surface area contributed by atoms with Gasteiger partial charge in [-0.1, -0.05) is 60.7 Å². The second kappa shape index (κ2) is 9.46. The van der Waals surface area contributed by atoms with Crippen LogP contribution in [0.15, 0.2) is 95.9 Å². The molecule has 0 aliphatic carbocycles. The first-order chi connectivity index (χ1) is 15.8. The van der Waals surface area contributed by atoms with Crippen molar-refractivity contribution >= 4 is 32.4 Å². The zero-order chi connectivity index (χ0) is 23.4. The van der Waals surface area contributed by atoms with Crippen LogP contribution in [0.4, 0.5) is 5.69 Å². The third kappa shape index (κ3) is 5.23. The molecule has 0 bridgehead atoms. The number of hydrogen-bond acceptors (Lipinski definition) is 3. The fourth-order valence-electron chi connectivity index (χ4n) is 3.87. The van der Waals surface area contributed by atoms with Crippen molar-refractivity contribution in [2.45, 2.75) is 25.3 Å². The smallest absolute Gasteiger partial charge is 0.264 e. The van der Waals surface area contributed by atoms with E-state index in [1.165, 1.54) is 16.4 Å². The van der Waals surface area contributed by atoms with E-state index in [2.05, 4.69) is 5.32 Å². The van der Waals surface area contributed by atoms with Gasteiger partial charge in [0.2, 0.25) is 5.91 Å². The van der Waals surface area contributed by atoms with E-state index in [0.29, 0.717) is 12.2 Å². The average Bonchev–Trinajstić information content (AvgIpc) is 2.81. The number of rotatable bonds is 7. The number of aryl methyl sites for hydroxylation is 2. The van der Waals surface area contributed by atoms with E-state index < -0.39 is 10.0 Å². The largest absolute Gasteiger partial charge is 0.350 e. The van der Waals surface area contributed by atoms with Crippen LogP contribution in [0.5, 0.6) is 0 Å². The maximum absolute atomic E-state index is 13.5. The van der Waals surface area contributed by atoms with E-state index in [4.69, 9.17) is 0 Å². The van der Waals surface area contributed by atoms with Gasteiger partial charge < -0.3 is 5.32 Å². The number of sulfonamides is 1. The molecule has 0 spiro atoms. The number of nitrogens with one attached hydrogen (secondary N) is 1. The fourth-order valence-corrected chi connectivity index (χ4v) is 5.29. The molecule has 168 valence electrons. The normalized spacial score (nSPS) is 11.3. The lowest BCUT2D eigenvalue weighted by molar-refractivity contribution is -0.119. The van der Waals surface area contributed by atoms with Crippen molar-refractivity contribution in [1.29, 1.82) is 0 Å². The van der Waals surface area contributed by atoms with Crippen molar-refractivity contribution in [1.82, 2.24) is 5.32 Å². The number of anilines is 1. The number of benzene rings is 4. The molecule has 4 rings (SSSR count). The van der Waals surface area contributed by atoms with Crippen LogP contribution in [0.1, 0.15) is 16.7 Å². The van der Waals surface area contributed by atoms with Gasteiger partial charge in [0.25, 0.3) is 10.0 Å². The summed E-state index contributed by atoms with van der Waals surface area (Å²) in [6.07, 6.45) is 0. The number of carbonyl (C=O) groups is 1. The first-order valence-electron chi connectivity index (χ1n) is 10.7. The monoisotopic (exact) mass is 458 g/mol. The average molecular weight is 459 g/mol. The molecule has 0 radical (unpaired) electrons. The Morgan fingerprint density at radius 2 is 1.42 bits per heavy atom. The molecular weight excluding hydrogens is 432 g/mol. The highest BCUT2D eigenvalue weighted by atomic mass is 32.2. The molecule has 0 saturated heterocycles. The minimum absolute atomic E-state index is 0.145. The van der Waals surface area contributed by atoms with E-state index in [9.17, 15) is 13.2 Å². The van der Waals surface area contributed by atoms with Crippen molar-refractivity contribution in [2.24, 2.45) is 0 Å². The van der Waals surface area contributed by atoms with Crippen LogP contribution in [0.3, 0.4) is 0 Å². The Morgan fingerprint density at radius 1 is 0.788 bits per heavy atom. The van der Waals surface area contributed by atoms with Gasteiger partial charge >= 0.3 is 0 Å². The first kappa shape index (κ1) is 22.6. The highest BCUT2D eigenvalue weighted by Crippen LogP contribution is 2.26. The quantitative estimate of drug-likeness (QED) is 0.425. The van der Waals surface area contributed by atoms with Gasteiger partial charge in [0.05, 0.1) is 10.6 Å². The fraction of sp³-hybridized carbons (Fsp3) is 0.148. The Bertz CT molecular complexity index is 1380. The van der Waals surface area contributed by atoms with Crippen molar-refractivity contribution in [3.05, 3.63) is 108 Å². The zero-order valence-electron chi connectivity index (χ0n) is 18.7. The second-order valence-electron chi connectivity index (χ2n) is 8.13. The van der Waals surface area contributed by atoms with Gasteiger partial charge in [-0.3, -0.25) is 9.10 Å². The van der Waals surface area contributed by atoms with Gasteiger partial charge in [0.1, 0.15) is 6.54 Å². The lowest BCUT2D eigenvalue weighted by Gasteiger charge is -2.25. The summed E-state index contributed by atoms with van der Waals surface area (Å²) in [4.78, 5) is 13.0. The minimum Gasteiger partial charge on any atom is -0.350 e. The SMILES string of the molecule is Cc1cc(C)cc(N(CC(=O)NCc2ccc3ccccc3c2)S(=O)(=O)c2ccccc2)c1. The predicted octanol–water partition coefficient (Wildman–Crippen LogP) is 4.97. The molecule has 6 heteroatoms. The second-order valence-corrected chi connectivity index (χ2v) is 9.99. The van der Waals surface area contributed by atoms with Crippen LogP contribution in [0.25, 0.3) is 10.8 Å². The Balaban J connectivity index is 1.58. The van der Waals surface area contributed by atoms with E-state index in [0.717, 1.165) is 27.5 Å². The Kier molecular flexibility index (Phi) is 6.47. The van der Waals surface area contributed by atoms with Crippen molar-refractivity contribution in [3.8, 4) is 0 Å². The Morgan fingerprint density at radius 3 is 2.12 bits per heavy atom. The van der Waals surface area contributed by atoms with Crippen LogP contribution in [0.2, 0.25) is 0 Å². The molecule has 4 aromatic carbocycles. The number of amides is 1. The van der Waals surface area contributed by atoms with Crippen molar-refractivity contribution < 1.29 is 13.2 Å². The van der Waals surface area contributed by atoms with Crippen LogP contribution < -0.4 is 9.62 Å². The van der Waals surface area contributed by atoms with Gasteiger partial charge in [-0.05, 0) is 71.6 Å². The van der Waals surface area contributed by atoms with Gasteiger partial charge in [0, 0.05) is 6.54 Å². The molecular formula is C27H26N2O3S. The highest BCUT2D eigenvalue weighted by Gasteiger charge is 2.27. The topological polar surface area (TPSA) is 66.5 Å². The molecule has 33 heavy (non-hydrogen) atoms. The Labute approximate surface area is 194 Å². The van der Waals surface area contributed by atoms with Crippen LogP contribution in [-0.4, -0.2) is 20.9 Å². The summed E-state index contributed by atoms with van der Waals surface area (Å²) in [5.74, 6) is -0.373. The molecule has 0 unspecified atom stereocenters. The molecule has 0 heterocycles. The summed E-state index contributed by atoms with van der Waals surface area (Å²) in [6, 6.07) is 27.7. The Hall–Kier alpha value is -3.64. The molecule has 5 nitrogen and oxygen atoms in total. The molecule has 0 aromatic heterocycles. The predicted molar refractivity (Wildman–Crippen MR) is 133 cm³/mol. The molecule has 4 aromatic rings. The van der Waals surface area contributed by atoms with E-state index in [-0.39, 0.29) is 17.3 Å². The lowest BCUT2D eigenvalue weighted by Crippen LogP contribution is -2.40. The number of hydrogen-bond donors (Lipinski definition) is 1. The molecule has 0 atom stereocenters. The third-order valence-electron chi connectivity index (χ3n) is 5.42. The number of carbonyl (C=O) groups excluding carboxylic acids is 1. The molecule has 1 N–H and O–H groups in total. The van der Waals surface area contributed by atoms with Crippen LogP contribution >= 0.6 is 0 Å². The summed E-state index contributed by atoms with van der Waals surface area (Å²) in [6.45, 7) is 3.82. The number of fused-ring (bicyclic) bond motifs is 1. The number of nitrogens with zero attached hydrogens (tertiary/aromatic N) is 1. The lowest BCUT2D eigenvalue weighted by atomic mass is 10.1. The maximum Gasteiger partial charge on any atom is 0.264 e. The van der Waals surface area contributed by atoms with Crippen molar-refractivity contribution in [2.75, 3.05) is 10.8 Å². The van der Waals surface area contributed by atoms with Crippen molar-refractivity contribution in [3.63, 3.8) is 0 Å². The van der Waals surface area contributed by atoms with Gasteiger partial charge in [-0.25, -0.2) is 8.42 Å². The zero-order valence-corrected chi connectivity index (χ0v) is 19.5.